The molecule has 0 bridgehead atoms. The fourth-order valence-electron chi connectivity index (χ4n) is 3.23. The zero-order chi connectivity index (χ0) is 19.4. The third kappa shape index (κ3) is 4.05. The molecule has 144 valence electrons. The van der Waals surface area contributed by atoms with E-state index >= 15 is 0 Å². The monoisotopic (exact) mass is 389 g/mol. The maximum Gasteiger partial charge on any atom is 0.274 e. The molecule has 1 saturated heterocycles. The smallest absolute Gasteiger partial charge is 0.274 e. The summed E-state index contributed by atoms with van der Waals surface area (Å²) in [5.74, 6) is 0.931. The number of carbonyl (C=O) groups excluding carboxylic acids is 1. The number of aromatic nitrogens is 1. The Kier molecular flexibility index (Phi) is 5.65. The topological polar surface area (TPSA) is 75.1 Å². The van der Waals surface area contributed by atoms with Gasteiger partial charge in [0.15, 0.2) is 0 Å². The van der Waals surface area contributed by atoms with Crippen molar-refractivity contribution < 1.29 is 18.2 Å². The highest BCUT2D eigenvalue weighted by atomic mass is 32.2. The van der Waals surface area contributed by atoms with Gasteiger partial charge in [0.05, 0.1) is 18.8 Å². The Labute approximate surface area is 160 Å². The average molecular weight is 390 g/mol. The lowest BCUT2D eigenvalue weighted by molar-refractivity contribution is -0.367. The molecule has 0 radical (unpaired) electrons. The number of para-hydroxylation sites is 1. The number of carbonyl (C=O) groups is 1. The lowest BCUT2D eigenvalue weighted by Crippen LogP contribution is -2.49. The minimum Gasteiger partial charge on any atom is -0.335 e. The molecule has 0 atom stereocenters. The highest BCUT2D eigenvalue weighted by Crippen LogP contribution is 2.23. The van der Waals surface area contributed by atoms with Crippen LogP contribution >= 0.6 is 0 Å². The van der Waals surface area contributed by atoms with Crippen LogP contribution in [0.1, 0.15) is 13.8 Å². The Morgan fingerprint density at radius 3 is 2.26 bits per heavy atom. The van der Waals surface area contributed by atoms with Crippen LogP contribution in [0.15, 0.2) is 53.6 Å². The number of amides is 1. The number of rotatable bonds is 5. The van der Waals surface area contributed by atoms with E-state index in [1.54, 1.807) is 31.2 Å². The van der Waals surface area contributed by atoms with Gasteiger partial charge in [0.2, 0.25) is 5.91 Å². The number of H-pyrrole nitrogens is 1. The third-order valence-corrected chi connectivity index (χ3v) is 6.65. The third-order valence-electron chi connectivity index (χ3n) is 4.75. The van der Waals surface area contributed by atoms with Crippen LogP contribution in [0.25, 0.3) is 0 Å². The number of nitrogens with zero attached hydrogens (tertiary/aromatic N) is 3. The normalized spacial score (nSPS) is 14.9. The molecule has 1 aliphatic heterocycles. The van der Waals surface area contributed by atoms with Crippen molar-refractivity contribution in [1.29, 1.82) is 0 Å². The van der Waals surface area contributed by atoms with Gasteiger partial charge in [0.25, 0.3) is 15.8 Å². The van der Waals surface area contributed by atoms with E-state index in [-0.39, 0.29) is 10.8 Å². The molecule has 1 fully saturated rings. The molecule has 8 heteroatoms. The number of anilines is 2. The number of hydrogen-bond acceptors (Lipinski definition) is 4. The van der Waals surface area contributed by atoms with Crippen molar-refractivity contribution in [1.82, 2.24) is 4.90 Å². The molecule has 2 aromatic rings. The van der Waals surface area contributed by atoms with Gasteiger partial charge in [0.1, 0.15) is 24.2 Å². The molecule has 7 nitrogen and oxygen atoms in total. The van der Waals surface area contributed by atoms with Gasteiger partial charge in [-0.2, -0.15) is 0 Å². The molecule has 27 heavy (non-hydrogen) atoms. The summed E-state index contributed by atoms with van der Waals surface area (Å²) in [6.45, 7) is 6.51. The van der Waals surface area contributed by atoms with Gasteiger partial charge in [-0.25, -0.2) is 13.4 Å². The first kappa shape index (κ1) is 19.2. The van der Waals surface area contributed by atoms with Gasteiger partial charge in [-0.1, -0.05) is 18.2 Å². The molecule has 0 aliphatic carbocycles. The van der Waals surface area contributed by atoms with E-state index in [2.05, 4.69) is 9.88 Å². The van der Waals surface area contributed by atoms with Crippen LogP contribution < -0.4 is 14.2 Å². The Morgan fingerprint density at radius 2 is 1.74 bits per heavy atom. The van der Waals surface area contributed by atoms with Gasteiger partial charge in [0, 0.05) is 19.5 Å². The molecule has 2 heterocycles. The number of hydrogen-bond donors (Lipinski definition) is 0. The average Bonchev–Trinajstić information content (AvgIpc) is 2.69. The van der Waals surface area contributed by atoms with Crippen LogP contribution in [0.2, 0.25) is 0 Å². The Balaban J connectivity index is 1.77. The minimum atomic E-state index is -3.64. The summed E-state index contributed by atoms with van der Waals surface area (Å²) < 4.78 is 27.4. The van der Waals surface area contributed by atoms with Crippen molar-refractivity contribution in [3.8, 4) is 0 Å². The molecule has 0 spiro atoms. The van der Waals surface area contributed by atoms with Crippen molar-refractivity contribution >= 4 is 27.4 Å². The van der Waals surface area contributed by atoms with E-state index in [0.717, 1.165) is 5.82 Å². The first-order valence-corrected chi connectivity index (χ1v) is 10.5. The SMILES string of the molecule is CCN(c1ccccc1)S(=O)(=O)c1ccc(N2CCN(C(C)=O)CC2)[nH+]c1. The quantitative estimate of drug-likeness (QED) is 0.774. The van der Waals surface area contributed by atoms with Crippen molar-refractivity contribution in [3.05, 3.63) is 48.7 Å². The summed E-state index contributed by atoms with van der Waals surface area (Å²) in [4.78, 5) is 18.7. The summed E-state index contributed by atoms with van der Waals surface area (Å²) in [6.07, 6.45) is 1.54. The van der Waals surface area contributed by atoms with Crippen LogP contribution in [0, 0.1) is 0 Å². The molecule has 0 saturated carbocycles. The summed E-state index contributed by atoms with van der Waals surface area (Å²) >= 11 is 0. The van der Waals surface area contributed by atoms with Gasteiger partial charge in [-0.3, -0.25) is 14.0 Å². The Bertz CT molecular complexity index is 877. The second kappa shape index (κ2) is 7.96. The predicted octanol–water partition coefficient (Wildman–Crippen LogP) is 1.38. The van der Waals surface area contributed by atoms with E-state index in [9.17, 15) is 13.2 Å². The lowest BCUT2D eigenvalue weighted by Gasteiger charge is -2.30. The van der Waals surface area contributed by atoms with Gasteiger partial charge >= 0.3 is 0 Å². The maximum absolute atomic E-state index is 13.0. The fourth-order valence-corrected chi connectivity index (χ4v) is 4.68. The molecule has 3 rings (SSSR count). The van der Waals surface area contributed by atoms with Crippen molar-refractivity contribution in [2.75, 3.05) is 41.9 Å². The number of piperazine rings is 1. The van der Waals surface area contributed by atoms with Crippen LogP contribution in [0.5, 0.6) is 0 Å². The van der Waals surface area contributed by atoms with E-state index < -0.39 is 10.0 Å². The van der Waals surface area contributed by atoms with Crippen molar-refractivity contribution in [2.24, 2.45) is 0 Å². The summed E-state index contributed by atoms with van der Waals surface area (Å²) in [7, 11) is -3.64. The van der Waals surface area contributed by atoms with Crippen molar-refractivity contribution in [3.63, 3.8) is 0 Å². The lowest BCUT2D eigenvalue weighted by atomic mass is 10.3. The van der Waals surface area contributed by atoms with E-state index in [4.69, 9.17) is 0 Å². The van der Waals surface area contributed by atoms with E-state index in [1.807, 2.05) is 30.0 Å². The maximum atomic E-state index is 13.0. The molecule has 1 amide bonds. The number of nitrogens with one attached hydrogen (secondary N) is 1. The summed E-state index contributed by atoms with van der Waals surface area (Å²) in [5.41, 5.74) is 0.643. The zero-order valence-corrected chi connectivity index (χ0v) is 16.4. The van der Waals surface area contributed by atoms with Crippen LogP contribution in [0.3, 0.4) is 0 Å². The molecular weight excluding hydrogens is 364 g/mol. The highest BCUT2D eigenvalue weighted by Gasteiger charge is 2.27. The molecule has 0 unspecified atom stereocenters. The standard InChI is InChI=1S/C19H24N4O3S/c1-3-23(17-7-5-4-6-8-17)27(25,26)18-9-10-19(20-15-18)22-13-11-21(12-14-22)16(2)24/h4-10,15H,3,11-14H2,1-2H3/p+1. The number of aromatic amines is 1. The predicted molar refractivity (Wildman–Crippen MR) is 104 cm³/mol. The van der Waals surface area contributed by atoms with Crippen molar-refractivity contribution in [2.45, 2.75) is 18.7 Å². The number of benzene rings is 1. The molecule has 1 aromatic carbocycles. The Morgan fingerprint density at radius 1 is 1.07 bits per heavy atom. The molecule has 1 aliphatic rings. The first-order chi connectivity index (χ1) is 12.9. The summed E-state index contributed by atoms with van der Waals surface area (Å²) in [5, 5.41) is 0. The first-order valence-electron chi connectivity index (χ1n) is 9.03. The number of pyridine rings is 1. The summed E-state index contributed by atoms with van der Waals surface area (Å²) in [6, 6.07) is 12.5. The van der Waals surface area contributed by atoms with Gasteiger partial charge < -0.3 is 4.90 Å². The minimum absolute atomic E-state index is 0.0839. The highest BCUT2D eigenvalue weighted by molar-refractivity contribution is 7.92. The second-order valence-electron chi connectivity index (χ2n) is 6.41. The molecular formula is C19H25N4O3S+. The zero-order valence-electron chi connectivity index (χ0n) is 15.6. The van der Waals surface area contributed by atoms with Gasteiger partial charge in [-0.15, -0.1) is 0 Å². The van der Waals surface area contributed by atoms with Crippen LogP contribution in [0.4, 0.5) is 11.5 Å². The molecule has 1 N–H and O–H groups in total. The Hall–Kier alpha value is -2.61. The van der Waals surface area contributed by atoms with Gasteiger partial charge in [-0.05, 0) is 25.1 Å². The van der Waals surface area contributed by atoms with E-state index in [0.29, 0.717) is 38.4 Å². The molecule has 1 aromatic heterocycles. The van der Waals surface area contributed by atoms with Crippen LogP contribution in [-0.4, -0.2) is 51.9 Å². The largest absolute Gasteiger partial charge is 0.335 e. The van der Waals surface area contributed by atoms with E-state index in [1.165, 1.54) is 10.5 Å². The number of sulfonamides is 1. The fraction of sp³-hybridized carbons (Fsp3) is 0.368. The van der Waals surface area contributed by atoms with Crippen LogP contribution in [-0.2, 0) is 14.8 Å². The second-order valence-corrected chi connectivity index (χ2v) is 8.27.